The number of hydrogen-bond acceptors (Lipinski definition) is 2. The van der Waals surface area contributed by atoms with E-state index in [1.54, 1.807) is 9.80 Å². The van der Waals surface area contributed by atoms with Gasteiger partial charge < -0.3 is 9.80 Å². The second kappa shape index (κ2) is 7.33. The van der Waals surface area contributed by atoms with Crippen LogP contribution in [0.1, 0.15) is 34.1 Å². The van der Waals surface area contributed by atoms with Crippen molar-refractivity contribution in [2.45, 2.75) is 52.4 Å². The van der Waals surface area contributed by atoms with Crippen molar-refractivity contribution in [1.82, 2.24) is 14.7 Å². The summed E-state index contributed by atoms with van der Waals surface area (Å²) in [6.45, 7) is 8.60. The Bertz CT molecular complexity index is 347. The SMILES string of the molecule is CCN(C(=O)N(CC)[C@H]1CCN(CC(F)(F)F)C1)C(C)C. The molecule has 0 saturated carbocycles. The van der Waals surface area contributed by atoms with E-state index in [0.717, 1.165) is 0 Å². The summed E-state index contributed by atoms with van der Waals surface area (Å²) in [6, 6.07) is -0.115. The first-order valence-corrected chi connectivity index (χ1v) is 7.55. The number of likely N-dealkylation sites (tertiary alicyclic amines) is 1. The molecule has 1 aliphatic rings. The molecule has 0 bridgehead atoms. The Morgan fingerprint density at radius 2 is 1.90 bits per heavy atom. The fourth-order valence-electron chi connectivity index (χ4n) is 2.90. The molecule has 7 heteroatoms. The molecule has 0 aromatic heterocycles. The summed E-state index contributed by atoms with van der Waals surface area (Å²) < 4.78 is 37.3. The molecule has 1 atom stereocenters. The molecule has 1 fully saturated rings. The van der Waals surface area contributed by atoms with Gasteiger partial charge in [-0.15, -0.1) is 0 Å². The molecule has 124 valence electrons. The maximum absolute atomic E-state index is 12.5. The molecule has 0 aliphatic carbocycles. The molecule has 0 unspecified atom stereocenters. The van der Waals surface area contributed by atoms with Gasteiger partial charge in [-0.1, -0.05) is 0 Å². The number of carbonyl (C=O) groups excluding carboxylic acids is 1. The molecule has 0 aromatic rings. The highest BCUT2D eigenvalue weighted by Gasteiger charge is 2.37. The minimum atomic E-state index is -4.18. The Morgan fingerprint density at radius 1 is 1.29 bits per heavy atom. The summed E-state index contributed by atoms with van der Waals surface area (Å²) in [6.07, 6.45) is -3.57. The molecule has 21 heavy (non-hydrogen) atoms. The number of rotatable bonds is 5. The van der Waals surface area contributed by atoms with Gasteiger partial charge in [0.05, 0.1) is 6.54 Å². The summed E-state index contributed by atoms with van der Waals surface area (Å²) in [5, 5.41) is 0. The molecule has 1 heterocycles. The van der Waals surface area contributed by atoms with E-state index in [0.29, 0.717) is 32.6 Å². The first kappa shape index (κ1) is 18.1. The van der Waals surface area contributed by atoms with Crippen LogP contribution in [0.3, 0.4) is 0 Å². The van der Waals surface area contributed by atoms with Crippen molar-refractivity contribution >= 4 is 6.03 Å². The smallest absolute Gasteiger partial charge is 0.323 e. The third kappa shape index (κ3) is 5.05. The third-order valence-corrected chi connectivity index (χ3v) is 3.89. The highest BCUT2D eigenvalue weighted by molar-refractivity contribution is 5.75. The zero-order chi connectivity index (χ0) is 16.2. The monoisotopic (exact) mass is 309 g/mol. The molecular formula is C14H26F3N3O. The van der Waals surface area contributed by atoms with Crippen molar-refractivity contribution in [3.05, 3.63) is 0 Å². The molecular weight excluding hydrogens is 283 g/mol. The van der Waals surface area contributed by atoms with E-state index in [4.69, 9.17) is 0 Å². The first-order chi connectivity index (χ1) is 9.69. The number of nitrogens with zero attached hydrogens (tertiary/aromatic N) is 3. The number of halogens is 3. The average molecular weight is 309 g/mol. The lowest BCUT2D eigenvalue weighted by Crippen LogP contribution is -2.51. The van der Waals surface area contributed by atoms with Gasteiger partial charge >= 0.3 is 12.2 Å². The van der Waals surface area contributed by atoms with E-state index in [1.807, 2.05) is 27.7 Å². The Balaban J connectivity index is 2.67. The topological polar surface area (TPSA) is 26.8 Å². The summed E-state index contributed by atoms with van der Waals surface area (Å²) in [5.74, 6) is 0. The summed E-state index contributed by atoms with van der Waals surface area (Å²) in [4.78, 5) is 17.4. The van der Waals surface area contributed by atoms with Crippen molar-refractivity contribution < 1.29 is 18.0 Å². The van der Waals surface area contributed by atoms with E-state index < -0.39 is 12.7 Å². The number of urea groups is 1. The van der Waals surface area contributed by atoms with Crippen LogP contribution in [0.15, 0.2) is 0 Å². The number of alkyl halides is 3. The largest absolute Gasteiger partial charge is 0.401 e. The van der Waals surface area contributed by atoms with Crippen LogP contribution in [0.25, 0.3) is 0 Å². The molecule has 4 nitrogen and oxygen atoms in total. The van der Waals surface area contributed by atoms with Gasteiger partial charge in [-0.25, -0.2) is 4.79 Å². The summed E-state index contributed by atoms with van der Waals surface area (Å²) >= 11 is 0. The van der Waals surface area contributed by atoms with Crippen molar-refractivity contribution in [2.24, 2.45) is 0 Å². The van der Waals surface area contributed by atoms with Crippen molar-refractivity contribution in [1.29, 1.82) is 0 Å². The van der Waals surface area contributed by atoms with E-state index in [9.17, 15) is 18.0 Å². The van der Waals surface area contributed by atoms with Crippen LogP contribution in [0.4, 0.5) is 18.0 Å². The fourth-order valence-corrected chi connectivity index (χ4v) is 2.90. The van der Waals surface area contributed by atoms with Gasteiger partial charge in [0.25, 0.3) is 0 Å². The standard InChI is InChI=1S/C14H26F3N3O/c1-5-19(11(3)4)13(21)20(6-2)12-7-8-18(9-12)10-14(15,16)17/h11-12H,5-10H2,1-4H3/t12-/m0/s1. The normalized spacial score (nSPS) is 20.1. The van der Waals surface area contributed by atoms with E-state index in [-0.39, 0.29) is 18.1 Å². The second-order valence-electron chi connectivity index (χ2n) is 5.74. The van der Waals surface area contributed by atoms with Crippen LogP contribution in [0, 0.1) is 0 Å². The summed E-state index contributed by atoms with van der Waals surface area (Å²) in [5.41, 5.74) is 0. The minimum Gasteiger partial charge on any atom is -0.323 e. The van der Waals surface area contributed by atoms with E-state index >= 15 is 0 Å². The Morgan fingerprint density at radius 3 is 2.33 bits per heavy atom. The van der Waals surface area contributed by atoms with Crippen molar-refractivity contribution in [2.75, 3.05) is 32.7 Å². The lowest BCUT2D eigenvalue weighted by Gasteiger charge is -2.35. The van der Waals surface area contributed by atoms with E-state index in [1.165, 1.54) is 4.90 Å². The van der Waals surface area contributed by atoms with Gasteiger partial charge in [-0.3, -0.25) is 4.90 Å². The lowest BCUT2D eigenvalue weighted by atomic mass is 10.2. The summed E-state index contributed by atoms with van der Waals surface area (Å²) in [7, 11) is 0. The molecule has 0 aromatic carbocycles. The molecule has 2 amide bonds. The van der Waals surface area contributed by atoms with Gasteiger partial charge in [0.2, 0.25) is 0 Å². The first-order valence-electron chi connectivity index (χ1n) is 7.55. The zero-order valence-electron chi connectivity index (χ0n) is 13.3. The third-order valence-electron chi connectivity index (χ3n) is 3.89. The highest BCUT2D eigenvalue weighted by atomic mass is 19.4. The predicted octanol–water partition coefficient (Wildman–Crippen LogP) is 2.80. The van der Waals surface area contributed by atoms with Gasteiger partial charge in [0.1, 0.15) is 0 Å². The quantitative estimate of drug-likeness (QED) is 0.781. The number of hydrogen-bond donors (Lipinski definition) is 0. The maximum atomic E-state index is 12.5. The lowest BCUT2D eigenvalue weighted by molar-refractivity contribution is -0.143. The average Bonchev–Trinajstić information content (AvgIpc) is 2.76. The van der Waals surface area contributed by atoms with Gasteiger partial charge in [-0.2, -0.15) is 13.2 Å². The van der Waals surface area contributed by atoms with Crippen LogP contribution in [0.5, 0.6) is 0 Å². The Kier molecular flexibility index (Phi) is 6.31. The Hall–Kier alpha value is -0.980. The van der Waals surface area contributed by atoms with Crippen LogP contribution in [0.2, 0.25) is 0 Å². The molecule has 1 rings (SSSR count). The van der Waals surface area contributed by atoms with Crippen LogP contribution in [-0.2, 0) is 0 Å². The van der Waals surface area contributed by atoms with Crippen molar-refractivity contribution in [3.63, 3.8) is 0 Å². The molecule has 1 aliphatic heterocycles. The number of carbonyl (C=O) groups is 1. The van der Waals surface area contributed by atoms with Gasteiger partial charge in [0, 0.05) is 38.3 Å². The van der Waals surface area contributed by atoms with Crippen molar-refractivity contribution in [3.8, 4) is 0 Å². The maximum Gasteiger partial charge on any atom is 0.401 e. The van der Waals surface area contributed by atoms with Crippen LogP contribution in [-0.4, -0.2) is 71.7 Å². The van der Waals surface area contributed by atoms with Crippen LogP contribution < -0.4 is 0 Å². The number of likely N-dealkylation sites (N-methyl/N-ethyl adjacent to an activating group) is 1. The van der Waals surface area contributed by atoms with Gasteiger partial charge in [0.15, 0.2) is 0 Å². The van der Waals surface area contributed by atoms with Gasteiger partial charge in [-0.05, 0) is 34.1 Å². The van der Waals surface area contributed by atoms with E-state index in [2.05, 4.69) is 0 Å². The molecule has 0 N–H and O–H groups in total. The Labute approximate surface area is 124 Å². The molecule has 0 spiro atoms. The zero-order valence-corrected chi connectivity index (χ0v) is 13.3. The molecule has 0 radical (unpaired) electrons. The number of amides is 2. The fraction of sp³-hybridized carbons (Fsp3) is 0.929. The van der Waals surface area contributed by atoms with Crippen LogP contribution >= 0.6 is 0 Å². The molecule has 1 saturated heterocycles. The minimum absolute atomic E-state index is 0.0751. The predicted molar refractivity (Wildman–Crippen MR) is 76.2 cm³/mol. The highest BCUT2D eigenvalue weighted by Crippen LogP contribution is 2.23. The second-order valence-corrected chi connectivity index (χ2v) is 5.74.